The third kappa shape index (κ3) is 3.41. The molecule has 2 aromatic heterocycles. The van der Waals surface area contributed by atoms with Gasteiger partial charge in [-0.25, -0.2) is 4.98 Å². The first-order valence-electron chi connectivity index (χ1n) is 9.16. The highest BCUT2D eigenvalue weighted by Gasteiger charge is 2.14. The minimum Gasteiger partial charge on any atom is -0.439 e. The van der Waals surface area contributed by atoms with E-state index in [1.165, 1.54) is 0 Å². The molecule has 3 heterocycles. The Balaban J connectivity index is 1.39. The fraction of sp³-hybridized carbons (Fsp3) is 0.0455. The van der Waals surface area contributed by atoms with Crippen LogP contribution in [0.2, 0.25) is 0 Å². The number of aromatic amines is 1. The number of rotatable bonds is 4. The molecule has 7 heteroatoms. The summed E-state index contributed by atoms with van der Waals surface area (Å²) in [5, 5.41) is 8.25. The Labute approximate surface area is 166 Å². The van der Waals surface area contributed by atoms with E-state index in [0.29, 0.717) is 29.4 Å². The van der Waals surface area contributed by atoms with Crippen LogP contribution in [0.15, 0.2) is 72.1 Å². The molecular weight excluding hydrogens is 366 g/mol. The van der Waals surface area contributed by atoms with Crippen molar-refractivity contribution < 1.29 is 9.53 Å². The minimum atomic E-state index is -0.215. The smallest absolute Gasteiger partial charge is 0.255 e. The number of aromatic nitrogens is 2. The maximum Gasteiger partial charge on any atom is 0.255 e. The third-order valence-electron chi connectivity index (χ3n) is 4.67. The van der Waals surface area contributed by atoms with E-state index in [1.54, 1.807) is 42.7 Å². The summed E-state index contributed by atoms with van der Waals surface area (Å²) in [4.78, 5) is 20.2. The Morgan fingerprint density at radius 2 is 2.07 bits per heavy atom. The van der Waals surface area contributed by atoms with Crippen LogP contribution in [0.5, 0.6) is 11.6 Å². The number of pyridine rings is 1. The molecule has 0 saturated heterocycles. The molecular formula is C22H17N5O2. The van der Waals surface area contributed by atoms with Crippen molar-refractivity contribution >= 4 is 28.7 Å². The third-order valence-corrected chi connectivity index (χ3v) is 4.67. The van der Waals surface area contributed by atoms with Crippen LogP contribution in [0.25, 0.3) is 10.9 Å². The molecule has 0 radical (unpaired) electrons. The number of nitrogens with zero attached hydrogens (tertiary/aromatic N) is 2. The van der Waals surface area contributed by atoms with Gasteiger partial charge in [0.15, 0.2) is 0 Å². The zero-order chi connectivity index (χ0) is 19.6. The first-order chi connectivity index (χ1) is 14.3. The molecule has 142 valence electrons. The van der Waals surface area contributed by atoms with Crippen molar-refractivity contribution in [2.24, 2.45) is 5.10 Å². The number of hydrogen-bond donors (Lipinski definition) is 3. The van der Waals surface area contributed by atoms with Crippen LogP contribution in [0.1, 0.15) is 21.5 Å². The van der Waals surface area contributed by atoms with Gasteiger partial charge in [-0.05, 0) is 42.0 Å². The largest absolute Gasteiger partial charge is 0.439 e. The fourth-order valence-corrected chi connectivity index (χ4v) is 3.38. The van der Waals surface area contributed by atoms with Crippen LogP contribution in [0, 0.1) is 0 Å². The van der Waals surface area contributed by atoms with Crippen molar-refractivity contribution in [2.75, 3.05) is 5.32 Å². The Morgan fingerprint density at radius 3 is 2.97 bits per heavy atom. The Bertz CT molecular complexity index is 1230. The molecule has 29 heavy (non-hydrogen) atoms. The summed E-state index contributed by atoms with van der Waals surface area (Å²) in [5.74, 6) is 0.810. The zero-order valence-electron chi connectivity index (χ0n) is 15.3. The van der Waals surface area contributed by atoms with E-state index in [0.717, 1.165) is 22.0 Å². The van der Waals surface area contributed by atoms with Gasteiger partial charge in [0.05, 0.1) is 12.8 Å². The van der Waals surface area contributed by atoms with Gasteiger partial charge in [0, 0.05) is 46.2 Å². The lowest BCUT2D eigenvalue weighted by atomic mass is 10.1. The zero-order valence-corrected chi connectivity index (χ0v) is 15.3. The number of hydrogen-bond acceptors (Lipinski definition) is 5. The van der Waals surface area contributed by atoms with Crippen LogP contribution >= 0.6 is 0 Å². The lowest BCUT2D eigenvalue weighted by Gasteiger charge is -2.10. The van der Waals surface area contributed by atoms with Crippen molar-refractivity contribution in [3.8, 4) is 11.6 Å². The molecule has 0 unspecified atom stereocenters. The number of carbonyl (C=O) groups is 1. The van der Waals surface area contributed by atoms with E-state index in [9.17, 15) is 4.79 Å². The Hall–Kier alpha value is -4.13. The summed E-state index contributed by atoms with van der Waals surface area (Å²) < 4.78 is 5.72. The van der Waals surface area contributed by atoms with Crippen molar-refractivity contribution in [1.29, 1.82) is 0 Å². The van der Waals surface area contributed by atoms with Gasteiger partial charge in [-0.3, -0.25) is 4.79 Å². The first kappa shape index (κ1) is 17.0. The van der Waals surface area contributed by atoms with E-state index >= 15 is 0 Å². The summed E-state index contributed by atoms with van der Waals surface area (Å²) >= 11 is 0. The van der Waals surface area contributed by atoms with Gasteiger partial charge in [-0.1, -0.05) is 12.1 Å². The number of ether oxygens (including phenoxy) is 1. The maximum atomic E-state index is 12.8. The molecule has 0 aliphatic carbocycles. The van der Waals surface area contributed by atoms with Gasteiger partial charge in [0.1, 0.15) is 5.75 Å². The van der Waals surface area contributed by atoms with Crippen molar-refractivity contribution in [3.05, 3.63) is 83.7 Å². The highest BCUT2D eigenvalue weighted by Crippen LogP contribution is 2.28. The van der Waals surface area contributed by atoms with E-state index in [1.807, 2.05) is 30.5 Å². The molecule has 0 saturated carbocycles. The highest BCUT2D eigenvalue weighted by atomic mass is 16.5. The lowest BCUT2D eigenvalue weighted by molar-refractivity contribution is 0.102. The number of hydrazone groups is 1. The average molecular weight is 383 g/mol. The summed E-state index contributed by atoms with van der Waals surface area (Å²) in [6.07, 6.45) is 5.36. The molecule has 7 nitrogen and oxygen atoms in total. The summed E-state index contributed by atoms with van der Waals surface area (Å²) in [5.41, 5.74) is 7.26. The van der Waals surface area contributed by atoms with Crippen molar-refractivity contribution in [1.82, 2.24) is 15.4 Å². The quantitative estimate of drug-likeness (QED) is 0.496. The number of benzene rings is 2. The number of carbonyl (C=O) groups excluding carboxylic acids is 1. The van der Waals surface area contributed by atoms with Gasteiger partial charge in [0.2, 0.25) is 5.88 Å². The number of H-pyrrole nitrogens is 1. The number of nitrogens with one attached hydrogen (secondary N) is 3. The lowest BCUT2D eigenvalue weighted by Crippen LogP contribution is -2.12. The molecule has 2 aromatic carbocycles. The average Bonchev–Trinajstić information content (AvgIpc) is 3.03. The van der Waals surface area contributed by atoms with E-state index in [2.05, 4.69) is 25.8 Å². The predicted molar refractivity (Wildman–Crippen MR) is 111 cm³/mol. The molecule has 5 rings (SSSR count). The molecule has 0 bridgehead atoms. The van der Waals surface area contributed by atoms with Gasteiger partial charge >= 0.3 is 0 Å². The molecule has 0 spiro atoms. The summed E-state index contributed by atoms with van der Waals surface area (Å²) in [6, 6.07) is 16.3. The van der Waals surface area contributed by atoms with E-state index in [-0.39, 0.29) is 5.91 Å². The maximum absolute atomic E-state index is 12.8. The molecule has 3 N–H and O–H groups in total. The summed E-state index contributed by atoms with van der Waals surface area (Å²) in [6.45, 7) is 0.592. The van der Waals surface area contributed by atoms with Crippen LogP contribution in [0.4, 0.5) is 5.69 Å². The second-order valence-corrected chi connectivity index (χ2v) is 6.65. The topological polar surface area (TPSA) is 91.4 Å². The van der Waals surface area contributed by atoms with E-state index < -0.39 is 0 Å². The van der Waals surface area contributed by atoms with Crippen molar-refractivity contribution in [2.45, 2.75) is 6.54 Å². The fourth-order valence-electron chi connectivity index (χ4n) is 3.38. The van der Waals surface area contributed by atoms with Gasteiger partial charge < -0.3 is 20.5 Å². The normalized spacial score (nSPS) is 12.3. The van der Waals surface area contributed by atoms with Gasteiger partial charge in [-0.15, -0.1) is 0 Å². The van der Waals surface area contributed by atoms with Gasteiger partial charge in [0.25, 0.3) is 5.91 Å². The first-order valence-corrected chi connectivity index (χ1v) is 9.16. The van der Waals surface area contributed by atoms with Crippen LogP contribution in [-0.2, 0) is 6.54 Å². The number of amides is 1. The SMILES string of the molecule is O=C(Nc1cc2c3c(c[nH]c3c1)C=NNC2)c1cccc(Oc2ccccn2)c1. The van der Waals surface area contributed by atoms with Crippen LogP contribution < -0.4 is 15.5 Å². The van der Waals surface area contributed by atoms with Crippen LogP contribution in [-0.4, -0.2) is 22.1 Å². The van der Waals surface area contributed by atoms with Crippen molar-refractivity contribution in [3.63, 3.8) is 0 Å². The Kier molecular flexibility index (Phi) is 4.18. The molecule has 4 aromatic rings. The molecule has 1 amide bonds. The number of anilines is 1. The summed E-state index contributed by atoms with van der Waals surface area (Å²) in [7, 11) is 0. The molecule has 1 aliphatic heterocycles. The standard InChI is InChI=1S/C22H17N5O2/c28-22(14-4-3-5-18(9-14)29-20-6-1-2-7-23-20)27-17-8-15-12-25-26-13-16-11-24-19(10-17)21(15)16/h1-11,13,24-25H,12H2,(H,27,28). The second kappa shape index (κ2) is 7.12. The van der Waals surface area contributed by atoms with Gasteiger partial charge in [-0.2, -0.15) is 5.10 Å². The van der Waals surface area contributed by atoms with Crippen LogP contribution in [0.3, 0.4) is 0 Å². The second-order valence-electron chi connectivity index (χ2n) is 6.65. The van der Waals surface area contributed by atoms with E-state index in [4.69, 9.17) is 4.74 Å². The molecule has 1 aliphatic rings. The predicted octanol–water partition coefficient (Wildman–Crippen LogP) is 4.04. The molecule has 0 atom stereocenters. The Morgan fingerprint density at radius 1 is 1.10 bits per heavy atom. The monoisotopic (exact) mass is 383 g/mol. The highest BCUT2D eigenvalue weighted by molar-refractivity contribution is 6.07. The molecule has 0 fully saturated rings. The minimum absolute atomic E-state index is 0.215.